The largest absolute Gasteiger partial charge is 0.314 e. The number of aryl methyl sites for hydroxylation is 1. The fraction of sp³-hybridized carbons (Fsp3) is 0.750. The summed E-state index contributed by atoms with van der Waals surface area (Å²) in [7, 11) is 0. The fourth-order valence-corrected chi connectivity index (χ4v) is 3.07. The van der Waals surface area contributed by atoms with E-state index in [1.54, 1.807) is 11.3 Å². The van der Waals surface area contributed by atoms with Crippen molar-refractivity contribution in [2.45, 2.75) is 33.4 Å². The van der Waals surface area contributed by atoms with Crippen LogP contribution in [0.2, 0.25) is 0 Å². The van der Waals surface area contributed by atoms with Gasteiger partial charge >= 0.3 is 0 Å². The van der Waals surface area contributed by atoms with Crippen LogP contribution in [-0.4, -0.2) is 35.6 Å². The summed E-state index contributed by atoms with van der Waals surface area (Å²) >= 11 is 1.78. The van der Waals surface area contributed by atoms with Gasteiger partial charge in [0.25, 0.3) is 0 Å². The molecular weight excluding hydrogens is 218 g/mol. The molecule has 16 heavy (non-hydrogen) atoms. The predicted molar refractivity (Wildman–Crippen MR) is 68.8 cm³/mol. The summed E-state index contributed by atoms with van der Waals surface area (Å²) in [4.78, 5) is 7.12. The second kappa shape index (κ2) is 5.25. The van der Waals surface area contributed by atoms with E-state index in [0.29, 0.717) is 12.0 Å². The Bertz CT molecular complexity index is 335. The van der Waals surface area contributed by atoms with E-state index < -0.39 is 0 Å². The summed E-state index contributed by atoms with van der Waals surface area (Å²) in [5, 5.41) is 6.87. The van der Waals surface area contributed by atoms with Crippen molar-refractivity contribution in [2.75, 3.05) is 19.6 Å². The van der Waals surface area contributed by atoms with Crippen molar-refractivity contribution in [2.24, 2.45) is 5.92 Å². The van der Waals surface area contributed by atoms with E-state index in [4.69, 9.17) is 0 Å². The summed E-state index contributed by atoms with van der Waals surface area (Å²) in [6, 6.07) is 0.651. The van der Waals surface area contributed by atoms with Crippen LogP contribution in [0.3, 0.4) is 0 Å². The van der Waals surface area contributed by atoms with Crippen LogP contribution in [0.5, 0.6) is 0 Å². The molecule has 1 aliphatic rings. The van der Waals surface area contributed by atoms with Gasteiger partial charge in [-0.2, -0.15) is 0 Å². The van der Waals surface area contributed by atoms with E-state index in [-0.39, 0.29) is 0 Å². The molecule has 4 heteroatoms. The molecule has 1 atom stereocenters. The number of rotatable bonds is 3. The third-order valence-corrected chi connectivity index (χ3v) is 4.12. The normalized spacial score (nSPS) is 22.9. The Hall–Kier alpha value is -0.450. The zero-order valence-corrected chi connectivity index (χ0v) is 11.2. The Labute approximate surface area is 102 Å². The number of thiazole rings is 1. The highest BCUT2D eigenvalue weighted by atomic mass is 32.1. The molecule has 0 amide bonds. The molecule has 1 fully saturated rings. The molecule has 0 radical (unpaired) electrons. The minimum absolute atomic E-state index is 0.651. The van der Waals surface area contributed by atoms with Crippen LogP contribution in [0.15, 0.2) is 5.38 Å². The lowest BCUT2D eigenvalue weighted by Crippen LogP contribution is -2.52. The number of piperazine rings is 1. The van der Waals surface area contributed by atoms with Crippen LogP contribution in [0, 0.1) is 12.8 Å². The van der Waals surface area contributed by atoms with Gasteiger partial charge in [-0.1, -0.05) is 13.8 Å². The van der Waals surface area contributed by atoms with Crippen molar-refractivity contribution < 1.29 is 0 Å². The van der Waals surface area contributed by atoms with Crippen LogP contribution >= 0.6 is 11.3 Å². The molecule has 1 saturated heterocycles. The molecule has 1 aromatic heterocycles. The minimum Gasteiger partial charge on any atom is -0.314 e. The Morgan fingerprint density at radius 2 is 2.44 bits per heavy atom. The van der Waals surface area contributed by atoms with Gasteiger partial charge in [-0.05, 0) is 12.8 Å². The molecule has 0 spiro atoms. The maximum Gasteiger partial charge on any atom is 0.107 e. The van der Waals surface area contributed by atoms with Crippen molar-refractivity contribution in [3.8, 4) is 0 Å². The standard InChI is InChI=1S/C12H21N3S/c1-9(2)11-6-13-4-5-15(11)7-12-14-10(3)8-16-12/h8-9,11,13H,4-7H2,1-3H3. The molecule has 1 aromatic rings. The van der Waals surface area contributed by atoms with E-state index in [1.807, 2.05) is 0 Å². The lowest BCUT2D eigenvalue weighted by molar-refractivity contribution is 0.117. The number of hydrogen-bond donors (Lipinski definition) is 1. The van der Waals surface area contributed by atoms with E-state index in [1.165, 1.54) is 5.01 Å². The van der Waals surface area contributed by atoms with Crippen molar-refractivity contribution in [1.29, 1.82) is 0 Å². The van der Waals surface area contributed by atoms with E-state index in [9.17, 15) is 0 Å². The Morgan fingerprint density at radius 1 is 1.62 bits per heavy atom. The summed E-state index contributed by atoms with van der Waals surface area (Å²) < 4.78 is 0. The molecule has 0 aliphatic carbocycles. The number of nitrogens with one attached hydrogen (secondary N) is 1. The lowest BCUT2D eigenvalue weighted by Gasteiger charge is -2.38. The van der Waals surface area contributed by atoms with Crippen molar-refractivity contribution in [3.05, 3.63) is 16.1 Å². The van der Waals surface area contributed by atoms with Gasteiger partial charge in [0.1, 0.15) is 5.01 Å². The van der Waals surface area contributed by atoms with E-state index in [0.717, 1.165) is 31.9 Å². The Kier molecular flexibility index (Phi) is 3.95. The van der Waals surface area contributed by atoms with Gasteiger partial charge in [0.15, 0.2) is 0 Å². The second-order valence-corrected chi connectivity index (χ2v) is 5.81. The highest BCUT2D eigenvalue weighted by Crippen LogP contribution is 2.18. The van der Waals surface area contributed by atoms with Gasteiger partial charge in [-0.3, -0.25) is 4.90 Å². The van der Waals surface area contributed by atoms with Crippen molar-refractivity contribution in [3.63, 3.8) is 0 Å². The average Bonchev–Trinajstić information content (AvgIpc) is 2.64. The van der Waals surface area contributed by atoms with E-state index >= 15 is 0 Å². The van der Waals surface area contributed by atoms with E-state index in [2.05, 4.69) is 41.4 Å². The highest BCUT2D eigenvalue weighted by Gasteiger charge is 2.25. The topological polar surface area (TPSA) is 28.2 Å². The van der Waals surface area contributed by atoms with Crippen LogP contribution < -0.4 is 5.32 Å². The van der Waals surface area contributed by atoms with Crippen LogP contribution in [0.4, 0.5) is 0 Å². The highest BCUT2D eigenvalue weighted by molar-refractivity contribution is 7.09. The third kappa shape index (κ3) is 2.81. The zero-order valence-electron chi connectivity index (χ0n) is 10.4. The number of nitrogens with zero attached hydrogens (tertiary/aromatic N) is 2. The average molecular weight is 239 g/mol. The predicted octanol–water partition coefficient (Wildman–Crippen LogP) is 1.88. The van der Waals surface area contributed by atoms with Crippen molar-refractivity contribution in [1.82, 2.24) is 15.2 Å². The van der Waals surface area contributed by atoms with Gasteiger partial charge in [-0.15, -0.1) is 11.3 Å². The van der Waals surface area contributed by atoms with Crippen molar-refractivity contribution >= 4 is 11.3 Å². The lowest BCUT2D eigenvalue weighted by atomic mass is 10.0. The third-order valence-electron chi connectivity index (χ3n) is 3.17. The summed E-state index contributed by atoms with van der Waals surface area (Å²) in [5.41, 5.74) is 1.15. The first kappa shape index (κ1) is 12.0. The fourth-order valence-electron chi connectivity index (χ4n) is 2.27. The SMILES string of the molecule is Cc1csc(CN2CCNCC2C(C)C)n1. The van der Waals surface area contributed by atoms with Gasteiger partial charge in [0.2, 0.25) is 0 Å². The van der Waals surface area contributed by atoms with Gasteiger partial charge in [0.05, 0.1) is 6.54 Å². The maximum absolute atomic E-state index is 4.56. The van der Waals surface area contributed by atoms with Crippen LogP contribution in [0.1, 0.15) is 24.5 Å². The molecule has 2 heterocycles. The van der Waals surface area contributed by atoms with Gasteiger partial charge in [0, 0.05) is 36.8 Å². The molecule has 1 unspecified atom stereocenters. The summed E-state index contributed by atoms with van der Waals surface area (Å²) in [6.07, 6.45) is 0. The van der Waals surface area contributed by atoms with Crippen LogP contribution in [0.25, 0.3) is 0 Å². The molecule has 90 valence electrons. The summed E-state index contributed by atoms with van der Waals surface area (Å²) in [5.74, 6) is 0.703. The van der Waals surface area contributed by atoms with Gasteiger partial charge in [-0.25, -0.2) is 4.98 Å². The minimum atomic E-state index is 0.651. The maximum atomic E-state index is 4.56. The zero-order chi connectivity index (χ0) is 11.5. The molecule has 3 nitrogen and oxygen atoms in total. The van der Waals surface area contributed by atoms with Gasteiger partial charge < -0.3 is 5.32 Å². The first-order valence-corrected chi connectivity index (χ1v) is 6.90. The first-order valence-electron chi connectivity index (χ1n) is 6.02. The number of aromatic nitrogens is 1. The second-order valence-electron chi connectivity index (χ2n) is 4.87. The molecule has 2 rings (SSSR count). The summed E-state index contributed by atoms with van der Waals surface area (Å²) in [6.45, 7) is 11.0. The number of hydrogen-bond acceptors (Lipinski definition) is 4. The molecular formula is C12H21N3S. The Morgan fingerprint density at radius 3 is 3.06 bits per heavy atom. The van der Waals surface area contributed by atoms with Crippen LogP contribution in [-0.2, 0) is 6.54 Å². The molecule has 0 aromatic carbocycles. The molecule has 0 bridgehead atoms. The quantitative estimate of drug-likeness (QED) is 0.873. The molecule has 0 saturated carbocycles. The first-order chi connectivity index (χ1) is 7.66. The molecule has 1 N–H and O–H groups in total. The smallest absolute Gasteiger partial charge is 0.107 e. The molecule has 1 aliphatic heterocycles. The monoisotopic (exact) mass is 239 g/mol. The Balaban J connectivity index is 2.01.